The molecule has 0 spiro atoms. The van der Waals surface area contributed by atoms with E-state index < -0.39 is 36.0 Å². The van der Waals surface area contributed by atoms with Crippen molar-refractivity contribution in [1.82, 2.24) is 5.32 Å². The highest BCUT2D eigenvalue weighted by atomic mass is 16.6. The highest BCUT2D eigenvalue weighted by Gasteiger charge is 2.27. The van der Waals surface area contributed by atoms with E-state index in [1.54, 1.807) is 26.8 Å². The minimum Gasteiger partial charge on any atom is -0.480 e. The van der Waals surface area contributed by atoms with Crippen molar-refractivity contribution in [2.24, 2.45) is 29.6 Å². The molecule has 0 radical (unpaired) electrons. The third-order valence-corrected chi connectivity index (χ3v) is 7.82. The van der Waals surface area contributed by atoms with Crippen molar-refractivity contribution in [3.8, 4) is 11.5 Å². The van der Waals surface area contributed by atoms with Crippen molar-refractivity contribution < 1.29 is 38.5 Å². The van der Waals surface area contributed by atoms with Crippen LogP contribution in [0.5, 0.6) is 11.5 Å². The summed E-state index contributed by atoms with van der Waals surface area (Å²) in [5.41, 5.74) is 0.573. The smallest absolute Gasteiger partial charge is 0.321 e. The van der Waals surface area contributed by atoms with Crippen molar-refractivity contribution in [1.29, 1.82) is 0 Å². The van der Waals surface area contributed by atoms with Crippen LogP contribution in [0.4, 0.5) is 0 Å². The quantitative estimate of drug-likeness (QED) is 0.233. The van der Waals surface area contributed by atoms with Crippen molar-refractivity contribution in [3.05, 3.63) is 23.8 Å². The van der Waals surface area contributed by atoms with Gasteiger partial charge in [0.1, 0.15) is 12.1 Å². The molecule has 0 heterocycles. The molecule has 2 rings (SSSR count). The molecule has 40 heavy (non-hydrogen) atoms. The summed E-state index contributed by atoms with van der Waals surface area (Å²) in [4.78, 5) is 49.8. The van der Waals surface area contributed by atoms with Gasteiger partial charge in [-0.2, -0.15) is 0 Å². The second kappa shape index (κ2) is 15.7. The first-order valence-corrected chi connectivity index (χ1v) is 14.5. The van der Waals surface area contributed by atoms with E-state index >= 15 is 0 Å². The SMILES string of the molecule is CC(CN[C@@H](Cc1ccc(OC(=O)C(C)C(C)C)c(OC(=O)C(C)C(C)C)c1)C(=O)O)OC(=O)C1CCCCC1. The minimum absolute atomic E-state index is 0.0393. The number of esters is 3. The number of carbonyl (C=O) groups is 4. The Kier molecular flexibility index (Phi) is 13.1. The molecule has 1 saturated carbocycles. The van der Waals surface area contributed by atoms with Gasteiger partial charge < -0.3 is 24.6 Å². The Morgan fingerprint density at radius 1 is 0.850 bits per heavy atom. The van der Waals surface area contributed by atoms with Crippen molar-refractivity contribution in [3.63, 3.8) is 0 Å². The van der Waals surface area contributed by atoms with E-state index in [1.165, 1.54) is 12.1 Å². The Hall–Kier alpha value is -2.94. The third kappa shape index (κ3) is 10.2. The van der Waals surface area contributed by atoms with Crippen molar-refractivity contribution in [2.75, 3.05) is 6.54 Å². The maximum Gasteiger partial charge on any atom is 0.321 e. The van der Waals surface area contributed by atoms with Crippen LogP contribution in [0.1, 0.15) is 86.1 Å². The number of hydrogen-bond acceptors (Lipinski definition) is 8. The zero-order chi connectivity index (χ0) is 30.0. The lowest BCUT2D eigenvalue weighted by Crippen LogP contribution is -2.43. The Bertz CT molecular complexity index is 1010. The molecule has 1 aliphatic rings. The highest BCUT2D eigenvalue weighted by molar-refractivity contribution is 5.79. The van der Waals surface area contributed by atoms with Gasteiger partial charge in [-0.3, -0.25) is 19.2 Å². The van der Waals surface area contributed by atoms with E-state index in [4.69, 9.17) is 14.2 Å². The normalized spacial score (nSPS) is 17.1. The first kappa shape index (κ1) is 33.3. The summed E-state index contributed by atoms with van der Waals surface area (Å²) in [6.07, 6.45) is 4.43. The van der Waals surface area contributed by atoms with Crippen LogP contribution < -0.4 is 14.8 Å². The molecule has 1 aromatic rings. The van der Waals surface area contributed by atoms with Gasteiger partial charge in [0, 0.05) is 6.54 Å². The van der Waals surface area contributed by atoms with Crippen LogP contribution in [-0.2, 0) is 30.3 Å². The highest BCUT2D eigenvalue weighted by Crippen LogP contribution is 2.32. The van der Waals surface area contributed by atoms with Gasteiger partial charge in [-0.05, 0) is 55.7 Å². The predicted octanol–water partition coefficient (Wildman–Crippen LogP) is 5.18. The summed E-state index contributed by atoms with van der Waals surface area (Å²) in [7, 11) is 0. The van der Waals surface area contributed by atoms with Gasteiger partial charge in [-0.1, -0.05) is 66.9 Å². The first-order chi connectivity index (χ1) is 18.8. The second-order valence-corrected chi connectivity index (χ2v) is 11.8. The van der Waals surface area contributed by atoms with Crippen LogP contribution in [0.25, 0.3) is 0 Å². The summed E-state index contributed by atoms with van der Waals surface area (Å²) in [5.74, 6) is -2.78. The van der Waals surface area contributed by atoms with Crippen LogP contribution in [0.2, 0.25) is 0 Å². The molecule has 2 N–H and O–H groups in total. The standard InChI is InChI=1S/C31H47NO8/c1-18(2)21(6)29(35)39-26-14-13-23(16-27(26)40-30(36)22(7)19(3)4)15-25(28(33)34)32-17-20(5)38-31(37)24-11-9-8-10-12-24/h13-14,16,18-22,24-25,32H,8-12,15,17H2,1-7H3,(H,33,34)/t20?,21?,22?,25-/m0/s1. The Labute approximate surface area is 238 Å². The molecule has 9 heteroatoms. The van der Waals surface area contributed by atoms with Gasteiger partial charge in [0.25, 0.3) is 0 Å². The van der Waals surface area contributed by atoms with Crippen LogP contribution in [-0.4, -0.2) is 47.7 Å². The number of rotatable bonds is 14. The predicted molar refractivity (Wildman–Crippen MR) is 151 cm³/mol. The van der Waals surface area contributed by atoms with Crippen LogP contribution in [0.15, 0.2) is 18.2 Å². The molecule has 1 fully saturated rings. The Morgan fingerprint density at radius 2 is 1.40 bits per heavy atom. The summed E-state index contributed by atoms with van der Waals surface area (Å²) >= 11 is 0. The van der Waals surface area contributed by atoms with Gasteiger partial charge in [0.15, 0.2) is 11.5 Å². The monoisotopic (exact) mass is 561 g/mol. The van der Waals surface area contributed by atoms with E-state index in [1.807, 2.05) is 27.7 Å². The van der Waals surface area contributed by atoms with E-state index in [0.717, 1.165) is 32.1 Å². The molecule has 1 aromatic carbocycles. The molecule has 3 unspecified atom stereocenters. The molecule has 9 nitrogen and oxygen atoms in total. The zero-order valence-electron chi connectivity index (χ0n) is 25.0. The topological polar surface area (TPSA) is 128 Å². The maximum atomic E-state index is 12.7. The number of aliphatic carboxylic acids is 1. The molecule has 0 bridgehead atoms. The van der Waals surface area contributed by atoms with E-state index in [-0.39, 0.29) is 54.1 Å². The first-order valence-electron chi connectivity index (χ1n) is 14.5. The lowest BCUT2D eigenvalue weighted by atomic mass is 9.89. The fraction of sp³-hybridized carbons (Fsp3) is 0.677. The van der Waals surface area contributed by atoms with E-state index in [2.05, 4.69) is 5.32 Å². The molecule has 0 aromatic heterocycles. The molecule has 4 atom stereocenters. The van der Waals surface area contributed by atoms with E-state index in [9.17, 15) is 24.3 Å². The molecular formula is C31H47NO8. The number of hydrogen-bond donors (Lipinski definition) is 2. The summed E-state index contributed by atoms with van der Waals surface area (Å²) in [6, 6.07) is 3.73. The van der Waals surface area contributed by atoms with Gasteiger partial charge in [-0.15, -0.1) is 0 Å². The Balaban J connectivity index is 2.14. The summed E-state index contributed by atoms with van der Waals surface area (Å²) in [6.45, 7) is 13.1. The van der Waals surface area contributed by atoms with Crippen molar-refractivity contribution in [2.45, 2.75) is 99.1 Å². The molecular weight excluding hydrogens is 514 g/mol. The van der Waals surface area contributed by atoms with Crippen molar-refractivity contribution >= 4 is 23.9 Å². The van der Waals surface area contributed by atoms with Gasteiger partial charge in [0.2, 0.25) is 0 Å². The van der Waals surface area contributed by atoms with E-state index in [0.29, 0.717) is 5.56 Å². The molecule has 0 amide bonds. The van der Waals surface area contributed by atoms with Gasteiger partial charge >= 0.3 is 23.9 Å². The average Bonchev–Trinajstić information content (AvgIpc) is 2.91. The van der Waals surface area contributed by atoms with Gasteiger partial charge in [-0.25, -0.2) is 0 Å². The number of ether oxygens (including phenoxy) is 3. The number of carboxylic acids is 1. The molecule has 224 valence electrons. The molecule has 0 saturated heterocycles. The fourth-order valence-corrected chi connectivity index (χ4v) is 4.26. The largest absolute Gasteiger partial charge is 0.480 e. The van der Waals surface area contributed by atoms with Crippen LogP contribution in [0, 0.1) is 29.6 Å². The maximum absolute atomic E-state index is 12.7. The second-order valence-electron chi connectivity index (χ2n) is 11.8. The number of nitrogens with one attached hydrogen (secondary N) is 1. The third-order valence-electron chi connectivity index (χ3n) is 7.82. The minimum atomic E-state index is -1.07. The summed E-state index contributed by atoms with van der Waals surface area (Å²) < 4.78 is 16.8. The fourth-order valence-electron chi connectivity index (χ4n) is 4.26. The van der Waals surface area contributed by atoms with Gasteiger partial charge in [0.05, 0.1) is 17.8 Å². The lowest BCUT2D eigenvalue weighted by Gasteiger charge is -2.23. The van der Waals surface area contributed by atoms with Crippen LogP contribution >= 0.6 is 0 Å². The average molecular weight is 562 g/mol. The lowest BCUT2D eigenvalue weighted by molar-refractivity contribution is -0.154. The Morgan fingerprint density at radius 3 is 1.93 bits per heavy atom. The molecule has 0 aliphatic heterocycles. The number of benzene rings is 1. The number of carbonyl (C=O) groups excluding carboxylic acids is 3. The molecule has 1 aliphatic carbocycles. The zero-order valence-corrected chi connectivity index (χ0v) is 25.0. The number of carboxylic acid groups (broad SMARTS) is 1. The summed E-state index contributed by atoms with van der Waals surface area (Å²) in [5, 5.41) is 12.8. The van der Waals surface area contributed by atoms with Crippen LogP contribution in [0.3, 0.4) is 0 Å².